The molecule has 0 fully saturated rings. The van der Waals surface area contributed by atoms with Gasteiger partial charge in [0.15, 0.2) is 11.5 Å². The molecule has 7 nitrogen and oxygen atoms in total. The van der Waals surface area contributed by atoms with Crippen LogP contribution in [0.4, 0.5) is 4.79 Å². The highest BCUT2D eigenvalue weighted by molar-refractivity contribution is 5.74. The minimum atomic E-state index is -0.196. The second-order valence-corrected chi connectivity index (χ2v) is 4.76. The third-order valence-electron chi connectivity index (χ3n) is 2.98. The molecule has 0 spiro atoms. The van der Waals surface area contributed by atoms with Gasteiger partial charge in [0, 0.05) is 33.6 Å². The molecule has 114 valence electrons. The summed E-state index contributed by atoms with van der Waals surface area (Å²) in [6, 6.07) is 5.40. The zero-order valence-electron chi connectivity index (χ0n) is 12.1. The number of carbonyl (C=O) groups is 2. The van der Waals surface area contributed by atoms with Gasteiger partial charge in [-0.3, -0.25) is 4.79 Å². The first kappa shape index (κ1) is 15.0. The van der Waals surface area contributed by atoms with E-state index in [1.54, 1.807) is 11.9 Å². The van der Waals surface area contributed by atoms with Crippen LogP contribution in [0.25, 0.3) is 0 Å². The Morgan fingerprint density at radius 3 is 2.67 bits per heavy atom. The Morgan fingerprint density at radius 1 is 1.19 bits per heavy atom. The lowest BCUT2D eigenvalue weighted by Gasteiger charge is -2.18. The molecule has 1 aliphatic rings. The lowest BCUT2D eigenvalue weighted by Crippen LogP contribution is -2.40. The van der Waals surface area contributed by atoms with Crippen molar-refractivity contribution in [2.45, 2.75) is 13.5 Å². The largest absolute Gasteiger partial charge is 0.454 e. The van der Waals surface area contributed by atoms with Gasteiger partial charge in [-0.05, 0) is 17.7 Å². The first-order valence-corrected chi connectivity index (χ1v) is 6.68. The first-order valence-electron chi connectivity index (χ1n) is 6.68. The molecular formula is C14H19N3O4. The van der Waals surface area contributed by atoms with Crippen LogP contribution >= 0.6 is 0 Å². The molecule has 0 aliphatic carbocycles. The number of benzene rings is 1. The molecule has 2 rings (SSSR count). The highest BCUT2D eigenvalue weighted by Gasteiger charge is 2.15. The summed E-state index contributed by atoms with van der Waals surface area (Å²) in [5, 5.41) is 5.34. The summed E-state index contributed by atoms with van der Waals surface area (Å²) >= 11 is 0. The van der Waals surface area contributed by atoms with Crippen LogP contribution in [0.3, 0.4) is 0 Å². The van der Waals surface area contributed by atoms with Gasteiger partial charge in [-0.25, -0.2) is 4.79 Å². The van der Waals surface area contributed by atoms with Crippen molar-refractivity contribution in [2.75, 3.05) is 26.9 Å². The number of nitrogens with one attached hydrogen (secondary N) is 2. The van der Waals surface area contributed by atoms with Gasteiger partial charge in [-0.2, -0.15) is 0 Å². The predicted molar refractivity (Wildman–Crippen MR) is 76.1 cm³/mol. The summed E-state index contributed by atoms with van der Waals surface area (Å²) in [4.78, 5) is 24.1. The Bertz CT molecular complexity index is 533. The Kier molecular flexibility index (Phi) is 4.86. The molecule has 7 heteroatoms. The monoisotopic (exact) mass is 293 g/mol. The molecule has 0 bridgehead atoms. The Balaban J connectivity index is 1.79. The quantitative estimate of drug-likeness (QED) is 0.783. The van der Waals surface area contributed by atoms with Crippen molar-refractivity contribution in [1.82, 2.24) is 15.5 Å². The van der Waals surface area contributed by atoms with E-state index in [-0.39, 0.29) is 18.7 Å². The molecular weight excluding hydrogens is 274 g/mol. The summed E-state index contributed by atoms with van der Waals surface area (Å²) in [6.45, 7) is 2.94. The minimum absolute atomic E-state index is 0.113. The van der Waals surface area contributed by atoms with E-state index in [2.05, 4.69) is 10.6 Å². The van der Waals surface area contributed by atoms with Crippen molar-refractivity contribution in [3.8, 4) is 11.5 Å². The number of hydrogen-bond donors (Lipinski definition) is 2. The van der Waals surface area contributed by atoms with Gasteiger partial charge in [-0.15, -0.1) is 0 Å². The molecule has 21 heavy (non-hydrogen) atoms. The van der Waals surface area contributed by atoms with E-state index >= 15 is 0 Å². The average Bonchev–Trinajstić information content (AvgIpc) is 2.90. The maximum absolute atomic E-state index is 11.9. The fourth-order valence-corrected chi connectivity index (χ4v) is 1.93. The molecule has 3 amide bonds. The van der Waals surface area contributed by atoms with E-state index in [1.165, 1.54) is 6.92 Å². The van der Waals surface area contributed by atoms with Crippen LogP contribution < -0.4 is 20.1 Å². The summed E-state index contributed by atoms with van der Waals surface area (Å²) in [7, 11) is 1.71. The highest BCUT2D eigenvalue weighted by atomic mass is 16.7. The second kappa shape index (κ2) is 6.83. The number of carbonyl (C=O) groups excluding carboxylic acids is 2. The lowest BCUT2D eigenvalue weighted by molar-refractivity contribution is -0.118. The van der Waals surface area contributed by atoms with Crippen LogP contribution in [-0.2, 0) is 11.3 Å². The number of amides is 3. The molecule has 0 unspecified atom stereocenters. The summed E-state index contributed by atoms with van der Waals surface area (Å²) in [5.41, 5.74) is 0.957. The molecule has 0 saturated carbocycles. The SMILES string of the molecule is CC(=O)NCCNC(=O)N(C)Cc1ccc2c(c1)OCO2. The number of ether oxygens (including phenoxy) is 2. The number of hydrogen-bond acceptors (Lipinski definition) is 4. The zero-order chi connectivity index (χ0) is 15.2. The number of urea groups is 1. The van der Waals surface area contributed by atoms with E-state index in [9.17, 15) is 9.59 Å². The van der Waals surface area contributed by atoms with Crippen LogP contribution in [0.2, 0.25) is 0 Å². The van der Waals surface area contributed by atoms with Crippen molar-refractivity contribution < 1.29 is 19.1 Å². The maximum atomic E-state index is 11.9. The van der Waals surface area contributed by atoms with Gasteiger partial charge in [0.05, 0.1) is 0 Å². The standard InChI is InChI=1S/C14H19N3O4/c1-10(18)15-5-6-16-14(19)17(2)8-11-3-4-12-13(7-11)21-9-20-12/h3-4,7H,5-6,8-9H2,1-2H3,(H,15,18)(H,16,19). The molecule has 0 saturated heterocycles. The molecule has 0 radical (unpaired) electrons. The fourth-order valence-electron chi connectivity index (χ4n) is 1.93. The van der Waals surface area contributed by atoms with Crippen molar-refractivity contribution in [3.05, 3.63) is 23.8 Å². The van der Waals surface area contributed by atoms with Gasteiger partial charge in [0.25, 0.3) is 0 Å². The third-order valence-corrected chi connectivity index (χ3v) is 2.98. The lowest BCUT2D eigenvalue weighted by atomic mass is 10.2. The van der Waals surface area contributed by atoms with Crippen molar-refractivity contribution in [2.24, 2.45) is 0 Å². The second-order valence-electron chi connectivity index (χ2n) is 4.76. The molecule has 0 aromatic heterocycles. The molecule has 1 heterocycles. The fraction of sp³-hybridized carbons (Fsp3) is 0.429. The van der Waals surface area contributed by atoms with Gasteiger partial charge >= 0.3 is 6.03 Å². The summed E-state index contributed by atoms with van der Waals surface area (Å²) in [5.74, 6) is 1.31. The molecule has 1 aliphatic heterocycles. The Labute approximate surface area is 123 Å². The Hall–Kier alpha value is -2.44. The van der Waals surface area contributed by atoms with Crippen molar-refractivity contribution in [1.29, 1.82) is 0 Å². The number of rotatable bonds is 5. The summed E-state index contributed by atoms with van der Waals surface area (Å²) < 4.78 is 10.5. The minimum Gasteiger partial charge on any atom is -0.454 e. The summed E-state index contributed by atoms with van der Waals surface area (Å²) in [6.07, 6.45) is 0. The zero-order valence-corrected chi connectivity index (χ0v) is 12.1. The molecule has 1 aromatic rings. The topological polar surface area (TPSA) is 79.9 Å². The smallest absolute Gasteiger partial charge is 0.317 e. The van der Waals surface area contributed by atoms with E-state index in [1.807, 2.05) is 18.2 Å². The molecule has 1 aromatic carbocycles. The van der Waals surface area contributed by atoms with E-state index < -0.39 is 0 Å². The van der Waals surface area contributed by atoms with Crippen LogP contribution in [0.1, 0.15) is 12.5 Å². The number of fused-ring (bicyclic) bond motifs is 1. The van der Waals surface area contributed by atoms with Gasteiger partial charge < -0.3 is 25.0 Å². The van der Waals surface area contributed by atoms with E-state index in [0.717, 1.165) is 11.3 Å². The van der Waals surface area contributed by atoms with Crippen LogP contribution in [0, 0.1) is 0 Å². The first-order chi connectivity index (χ1) is 10.1. The molecule has 2 N–H and O–H groups in total. The van der Waals surface area contributed by atoms with Crippen molar-refractivity contribution in [3.63, 3.8) is 0 Å². The van der Waals surface area contributed by atoms with Gasteiger partial charge in [-0.1, -0.05) is 6.07 Å². The molecule has 0 atom stereocenters. The Morgan fingerprint density at radius 2 is 1.90 bits per heavy atom. The number of nitrogens with zero attached hydrogens (tertiary/aromatic N) is 1. The van der Waals surface area contributed by atoms with Crippen LogP contribution in [0.15, 0.2) is 18.2 Å². The van der Waals surface area contributed by atoms with Gasteiger partial charge in [0.2, 0.25) is 12.7 Å². The van der Waals surface area contributed by atoms with Crippen LogP contribution in [-0.4, -0.2) is 43.8 Å². The maximum Gasteiger partial charge on any atom is 0.317 e. The average molecular weight is 293 g/mol. The third kappa shape index (κ3) is 4.27. The van der Waals surface area contributed by atoms with E-state index in [0.29, 0.717) is 25.4 Å². The highest BCUT2D eigenvalue weighted by Crippen LogP contribution is 2.32. The normalized spacial score (nSPS) is 11.9. The van der Waals surface area contributed by atoms with Crippen LogP contribution in [0.5, 0.6) is 11.5 Å². The predicted octanol–water partition coefficient (Wildman–Crippen LogP) is 0.693. The van der Waals surface area contributed by atoms with Gasteiger partial charge in [0.1, 0.15) is 0 Å². The van der Waals surface area contributed by atoms with Crippen molar-refractivity contribution >= 4 is 11.9 Å². The van der Waals surface area contributed by atoms with E-state index in [4.69, 9.17) is 9.47 Å².